The lowest BCUT2D eigenvalue weighted by molar-refractivity contribution is 0.419. The summed E-state index contributed by atoms with van der Waals surface area (Å²) in [6.07, 6.45) is 1.18. The molecule has 1 saturated heterocycles. The maximum absolute atomic E-state index is 6.32. The van der Waals surface area contributed by atoms with E-state index in [1.54, 1.807) is 7.11 Å². The van der Waals surface area contributed by atoms with Gasteiger partial charge < -0.3 is 9.30 Å². The Morgan fingerprint density at radius 3 is 3.00 bits per heavy atom. The number of fused-ring (bicyclic) bond motifs is 1. The third-order valence-electron chi connectivity index (χ3n) is 3.56. The van der Waals surface area contributed by atoms with Crippen LogP contribution in [0.25, 0.3) is 11.0 Å². The van der Waals surface area contributed by atoms with Crippen molar-refractivity contribution in [3.8, 4) is 5.75 Å². The van der Waals surface area contributed by atoms with Crippen LogP contribution in [0.2, 0.25) is 0 Å². The zero-order valence-electron chi connectivity index (χ0n) is 11.1. The van der Waals surface area contributed by atoms with Crippen molar-refractivity contribution in [2.24, 2.45) is 0 Å². The molecule has 2 atom stereocenters. The molecule has 2 heterocycles. The normalized spacial score (nSPS) is 20.9. The molecule has 19 heavy (non-hydrogen) atoms. The number of para-hydroxylation sites is 1. The van der Waals surface area contributed by atoms with Crippen molar-refractivity contribution in [1.82, 2.24) is 9.55 Å². The summed E-state index contributed by atoms with van der Waals surface area (Å²) in [6, 6.07) is 6.57. The fourth-order valence-corrected chi connectivity index (χ4v) is 4.01. The molecular weight excluding hydrogens is 280 g/mol. The number of nitrogens with zero attached hydrogens (tertiary/aromatic N) is 2. The predicted molar refractivity (Wildman–Crippen MR) is 81.5 cm³/mol. The fourth-order valence-electron chi connectivity index (χ4n) is 2.66. The van der Waals surface area contributed by atoms with E-state index in [9.17, 15) is 0 Å². The first-order valence-corrected chi connectivity index (χ1v) is 8.08. The van der Waals surface area contributed by atoms with Crippen molar-refractivity contribution in [3.05, 3.63) is 24.0 Å². The number of rotatable bonds is 3. The SMILES string of the molecule is COc1cccc2c1nc(C(C)Cl)n2C1CCSC1. The molecule has 1 aromatic heterocycles. The molecule has 0 saturated carbocycles. The molecular formula is C14H17ClN2OS. The van der Waals surface area contributed by atoms with Gasteiger partial charge in [0, 0.05) is 11.8 Å². The third kappa shape index (κ3) is 2.21. The molecule has 3 nitrogen and oxygen atoms in total. The van der Waals surface area contributed by atoms with Crippen LogP contribution < -0.4 is 4.74 Å². The highest BCUT2D eigenvalue weighted by Gasteiger charge is 2.25. The van der Waals surface area contributed by atoms with Crippen molar-refractivity contribution in [2.45, 2.75) is 24.8 Å². The largest absolute Gasteiger partial charge is 0.494 e. The first kappa shape index (κ1) is 13.1. The average molecular weight is 297 g/mol. The third-order valence-corrected chi connectivity index (χ3v) is 4.90. The van der Waals surface area contributed by atoms with Crippen LogP contribution in [0.15, 0.2) is 18.2 Å². The molecule has 2 unspecified atom stereocenters. The van der Waals surface area contributed by atoms with Gasteiger partial charge in [0.05, 0.1) is 18.0 Å². The summed E-state index contributed by atoms with van der Waals surface area (Å²) >= 11 is 8.32. The second-order valence-corrected chi connectivity index (χ2v) is 6.61. The summed E-state index contributed by atoms with van der Waals surface area (Å²) in [6.45, 7) is 1.98. The van der Waals surface area contributed by atoms with Gasteiger partial charge >= 0.3 is 0 Å². The van der Waals surface area contributed by atoms with Gasteiger partial charge in [-0.25, -0.2) is 4.98 Å². The topological polar surface area (TPSA) is 27.1 Å². The summed E-state index contributed by atoms with van der Waals surface area (Å²) in [4.78, 5) is 4.72. The molecule has 0 amide bonds. The van der Waals surface area contributed by atoms with Crippen molar-refractivity contribution in [1.29, 1.82) is 0 Å². The Bertz CT molecular complexity index is 590. The lowest BCUT2D eigenvalue weighted by atomic mass is 10.2. The number of halogens is 1. The Morgan fingerprint density at radius 1 is 1.53 bits per heavy atom. The van der Waals surface area contributed by atoms with E-state index >= 15 is 0 Å². The second kappa shape index (κ2) is 5.25. The maximum Gasteiger partial charge on any atom is 0.146 e. The Kier molecular flexibility index (Phi) is 3.63. The van der Waals surface area contributed by atoms with Gasteiger partial charge in [0.15, 0.2) is 0 Å². The highest BCUT2D eigenvalue weighted by molar-refractivity contribution is 7.99. The van der Waals surface area contributed by atoms with Crippen molar-refractivity contribution in [3.63, 3.8) is 0 Å². The van der Waals surface area contributed by atoms with E-state index in [1.807, 2.05) is 30.8 Å². The van der Waals surface area contributed by atoms with Gasteiger partial charge in [0.2, 0.25) is 0 Å². The number of methoxy groups -OCH3 is 1. The minimum absolute atomic E-state index is 0.0947. The highest BCUT2D eigenvalue weighted by atomic mass is 35.5. The highest BCUT2D eigenvalue weighted by Crippen LogP contribution is 2.37. The monoisotopic (exact) mass is 296 g/mol. The zero-order valence-corrected chi connectivity index (χ0v) is 12.7. The van der Waals surface area contributed by atoms with Crippen LogP contribution in [0.4, 0.5) is 0 Å². The standard InChI is InChI=1S/C14H17ClN2OS/c1-9(15)14-16-13-11(4-3-5-12(13)18-2)17(14)10-6-7-19-8-10/h3-5,9-10H,6-8H2,1-2H3. The van der Waals surface area contributed by atoms with E-state index in [4.69, 9.17) is 21.3 Å². The Hall–Kier alpha value is -0.870. The number of alkyl halides is 1. The van der Waals surface area contributed by atoms with E-state index in [2.05, 4.69) is 10.6 Å². The molecule has 0 radical (unpaired) electrons. The number of aromatic nitrogens is 2. The van der Waals surface area contributed by atoms with E-state index < -0.39 is 0 Å². The van der Waals surface area contributed by atoms with Gasteiger partial charge in [0.25, 0.3) is 0 Å². The van der Waals surface area contributed by atoms with Crippen LogP contribution in [-0.4, -0.2) is 28.2 Å². The smallest absolute Gasteiger partial charge is 0.146 e. The van der Waals surface area contributed by atoms with Crippen LogP contribution in [0.5, 0.6) is 5.75 Å². The van der Waals surface area contributed by atoms with Gasteiger partial charge in [0.1, 0.15) is 17.1 Å². The van der Waals surface area contributed by atoms with Gasteiger partial charge in [-0.1, -0.05) is 6.07 Å². The number of thioether (sulfide) groups is 1. The predicted octanol–water partition coefficient (Wildman–Crippen LogP) is 4.02. The fraction of sp³-hybridized carbons (Fsp3) is 0.500. The van der Waals surface area contributed by atoms with Crippen molar-refractivity contribution < 1.29 is 4.74 Å². The van der Waals surface area contributed by atoms with E-state index in [0.717, 1.165) is 28.4 Å². The molecule has 1 aliphatic heterocycles. The molecule has 2 aromatic rings. The van der Waals surface area contributed by atoms with Crippen LogP contribution in [-0.2, 0) is 0 Å². The minimum Gasteiger partial charge on any atom is -0.494 e. The number of hydrogen-bond donors (Lipinski definition) is 0. The molecule has 1 fully saturated rings. The number of benzene rings is 1. The number of ether oxygens (including phenoxy) is 1. The van der Waals surface area contributed by atoms with Crippen LogP contribution in [0, 0.1) is 0 Å². The summed E-state index contributed by atoms with van der Waals surface area (Å²) in [5, 5.41) is -0.0947. The summed E-state index contributed by atoms with van der Waals surface area (Å²) in [7, 11) is 1.68. The van der Waals surface area contributed by atoms with Crippen molar-refractivity contribution >= 4 is 34.4 Å². The molecule has 0 N–H and O–H groups in total. The summed E-state index contributed by atoms with van der Waals surface area (Å²) < 4.78 is 7.73. The molecule has 5 heteroatoms. The summed E-state index contributed by atoms with van der Waals surface area (Å²) in [5.74, 6) is 4.12. The molecule has 0 spiro atoms. The molecule has 102 valence electrons. The quantitative estimate of drug-likeness (QED) is 0.800. The van der Waals surface area contributed by atoms with Crippen molar-refractivity contribution in [2.75, 3.05) is 18.6 Å². The van der Waals surface area contributed by atoms with Crippen LogP contribution in [0.3, 0.4) is 0 Å². The molecule has 1 aromatic carbocycles. The van der Waals surface area contributed by atoms with E-state index in [-0.39, 0.29) is 5.38 Å². The zero-order chi connectivity index (χ0) is 13.4. The molecule has 1 aliphatic rings. The number of hydrogen-bond acceptors (Lipinski definition) is 3. The Labute approximate surface area is 122 Å². The Balaban J connectivity index is 2.23. The van der Waals surface area contributed by atoms with E-state index in [0.29, 0.717) is 6.04 Å². The number of imidazole rings is 1. The first-order chi connectivity index (χ1) is 9.22. The van der Waals surface area contributed by atoms with E-state index in [1.165, 1.54) is 12.2 Å². The van der Waals surface area contributed by atoms with Gasteiger partial charge in [-0.3, -0.25) is 0 Å². The molecule has 0 aliphatic carbocycles. The second-order valence-electron chi connectivity index (χ2n) is 4.80. The van der Waals surface area contributed by atoms with Gasteiger partial charge in [-0.2, -0.15) is 11.8 Å². The average Bonchev–Trinajstić information content (AvgIpc) is 3.04. The lowest BCUT2D eigenvalue weighted by Gasteiger charge is -2.16. The minimum atomic E-state index is -0.0947. The van der Waals surface area contributed by atoms with Gasteiger partial charge in [-0.05, 0) is 31.2 Å². The Morgan fingerprint density at radius 2 is 2.37 bits per heavy atom. The van der Waals surface area contributed by atoms with Crippen LogP contribution in [0.1, 0.15) is 30.6 Å². The molecule has 0 bridgehead atoms. The maximum atomic E-state index is 6.32. The first-order valence-electron chi connectivity index (χ1n) is 6.49. The van der Waals surface area contributed by atoms with Crippen LogP contribution >= 0.6 is 23.4 Å². The summed E-state index contributed by atoms with van der Waals surface area (Å²) in [5.41, 5.74) is 2.05. The van der Waals surface area contributed by atoms with Gasteiger partial charge in [-0.15, -0.1) is 11.6 Å². The lowest BCUT2D eigenvalue weighted by Crippen LogP contribution is -2.12. The molecule has 3 rings (SSSR count).